The van der Waals surface area contributed by atoms with E-state index in [1.807, 2.05) is 6.92 Å². The van der Waals surface area contributed by atoms with E-state index >= 15 is 0 Å². The van der Waals surface area contributed by atoms with Gasteiger partial charge in [0.15, 0.2) is 0 Å². The number of hydrogen-bond donors (Lipinski definition) is 0. The molecule has 7 heavy (non-hydrogen) atoms. The summed E-state index contributed by atoms with van der Waals surface area (Å²) in [6, 6.07) is 0. The van der Waals surface area contributed by atoms with Gasteiger partial charge in [0.1, 0.15) is 6.17 Å². The van der Waals surface area contributed by atoms with Crippen molar-refractivity contribution in [2.24, 2.45) is 0 Å². The lowest BCUT2D eigenvalue weighted by Gasteiger charge is -1.98. The molecule has 0 heterocycles. The van der Waals surface area contributed by atoms with Crippen LogP contribution in [0, 0.1) is 0 Å². The molecule has 1 unspecified atom stereocenters. The molecule has 0 aromatic rings. The largest absolute Gasteiger partial charge is 0.379 e. The Hall–Kier alpha value is -0.110. The summed E-state index contributed by atoms with van der Waals surface area (Å²) in [6.45, 7) is 4.17. The van der Waals surface area contributed by atoms with Crippen molar-refractivity contribution >= 4 is 0 Å². The lowest BCUT2D eigenvalue weighted by atomic mass is 10.5. The Bertz CT molecular complexity index is 37.1. The number of ether oxygens (including phenoxy) is 1. The minimum Gasteiger partial charge on any atom is -0.379 e. The van der Waals surface area contributed by atoms with Crippen LogP contribution in [0.3, 0.4) is 0 Å². The van der Waals surface area contributed by atoms with Crippen molar-refractivity contribution in [1.82, 2.24) is 0 Å². The zero-order chi connectivity index (χ0) is 5.70. The Labute approximate surface area is 43.5 Å². The van der Waals surface area contributed by atoms with Crippen LogP contribution >= 0.6 is 0 Å². The molecule has 0 spiro atoms. The third-order valence-corrected chi connectivity index (χ3v) is 0.552. The molecule has 0 aliphatic carbocycles. The van der Waals surface area contributed by atoms with E-state index in [1.165, 1.54) is 6.92 Å². The van der Waals surface area contributed by atoms with Crippen LogP contribution in [0.5, 0.6) is 0 Å². The van der Waals surface area contributed by atoms with E-state index < -0.39 is 6.17 Å². The zero-order valence-electron chi connectivity index (χ0n) is 4.78. The Morgan fingerprint density at radius 2 is 2.29 bits per heavy atom. The number of alkyl halides is 1. The van der Waals surface area contributed by atoms with E-state index in [0.29, 0.717) is 6.61 Å². The fraction of sp³-hybridized carbons (Fsp3) is 1.00. The second-order valence-corrected chi connectivity index (χ2v) is 1.44. The maximum Gasteiger partial charge on any atom is 0.121 e. The molecule has 0 aliphatic rings. The molecule has 0 fully saturated rings. The van der Waals surface area contributed by atoms with Gasteiger partial charge in [-0.15, -0.1) is 0 Å². The molecule has 0 saturated carbocycles. The molecular formula is C5H11FO. The van der Waals surface area contributed by atoms with Gasteiger partial charge in [0.05, 0.1) is 6.61 Å². The van der Waals surface area contributed by atoms with Crippen LogP contribution < -0.4 is 0 Å². The zero-order valence-corrected chi connectivity index (χ0v) is 4.78. The summed E-state index contributed by atoms with van der Waals surface area (Å²) in [5.41, 5.74) is 0. The van der Waals surface area contributed by atoms with Crippen molar-refractivity contribution in [2.45, 2.75) is 20.0 Å². The number of hydrogen-bond acceptors (Lipinski definition) is 1. The van der Waals surface area contributed by atoms with Gasteiger partial charge in [-0.05, 0) is 13.8 Å². The molecule has 0 aliphatic heterocycles. The third-order valence-electron chi connectivity index (χ3n) is 0.552. The van der Waals surface area contributed by atoms with Crippen molar-refractivity contribution in [3.8, 4) is 0 Å². The fourth-order valence-corrected chi connectivity index (χ4v) is 0.280. The highest BCUT2D eigenvalue weighted by atomic mass is 19.1. The Morgan fingerprint density at radius 3 is 2.43 bits per heavy atom. The van der Waals surface area contributed by atoms with Crippen LogP contribution in [0.1, 0.15) is 13.8 Å². The molecule has 44 valence electrons. The van der Waals surface area contributed by atoms with Crippen molar-refractivity contribution in [3.63, 3.8) is 0 Å². The van der Waals surface area contributed by atoms with E-state index in [-0.39, 0.29) is 6.61 Å². The summed E-state index contributed by atoms with van der Waals surface area (Å²) in [5.74, 6) is 0. The van der Waals surface area contributed by atoms with Crippen LogP contribution in [0.4, 0.5) is 4.39 Å². The van der Waals surface area contributed by atoms with Crippen molar-refractivity contribution in [2.75, 3.05) is 13.2 Å². The minimum atomic E-state index is -0.819. The molecular weight excluding hydrogens is 95.1 g/mol. The van der Waals surface area contributed by atoms with Gasteiger partial charge in [-0.1, -0.05) is 0 Å². The van der Waals surface area contributed by atoms with Gasteiger partial charge in [-0.25, -0.2) is 4.39 Å². The average Bonchev–Trinajstić information content (AvgIpc) is 1.61. The van der Waals surface area contributed by atoms with Gasteiger partial charge in [-0.2, -0.15) is 0 Å². The smallest absolute Gasteiger partial charge is 0.121 e. The first-order valence-electron chi connectivity index (χ1n) is 2.49. The maximum absolute atomic E-state index is 11.8. The van der Waals surface area contributed by atoms with E-state index in [4.69, 9.17) is 4.74 Å². The van der Waals surface area contributed by atoms with Crippen LogP contribution in [0.25, 0.3) is 0 Å². The minimum absolute atomic E-state index is 0.233. The summed E-state index contributed by atoms with van der Waals surface area (Å²) in [4.78, 5) is 0. The van der Waals surface area contributed by atoms with Gasteiger partial charge in [-0.3, -0.25) is 0 Å². The van der Waals surface area contributed by atoms with Crippen LogP contribution in [-0.4, -0.2) is 19.4 Å². The molecule has 0 saturated heterocycles. The molecule has 0 N–H and O–H groups in total. The average molecular weight is 106 g/mol. The SMILES string of the molecule is CCOCC(C)F. The van der Waals surface area contributed by atoms with Crippen LogP contribution in [0.15, 0.2) is 0 Å². The van der Waals surface area contributed by atoms with Gasteiger partial charge in [0.25, 0.3) is 0 Å². The summed E-state index contributed by atoms with van der Waals surface area (Å²) in [6.07, 6.45) is -0.819. The van der Waals surface area contributed by atoms with E-state index in [1.54, 1.807) is 0 Å². The van der Waals surface area contributed by atoms with E-state index in [9.17, 15) is 4.39 Å². The Morgan fingerprint density at radius 1 is 1.71 bits per heavy atom. The molecule has 1 atom stereocenters. The predicted octanol–water partition coefficient (Wildman–Crippen LogP) is 1.38. The normalized spacial score (nSPS) is 14.1. The second-order valence-electron chi connectivity index (χ2n) is 1.44. The first-order valence-corrected chi connectivity index (χ1v) is 2.49. The summed E-state index contributed by atoms with van der Waals surface area (Å²) >= 11 is 0. The van der Waals surface area contributed by atoms with Crippen molar-refractivity contribution in [1.29, 1.82) is 0 Å². The van der Waals surface area contributed by atoms with Crippen LogP contribution in [-0.2, 0) is 4.74 Å². The highest BCUT2D eigenvalue weighted by molar-refractivity contribution is 4.39. The third kappa shape index (κ3) is 5.89. The molecule has 1 nitrogen and oxygen atoms in total. The molecule has 0 aromatic carbocycles. The highest BCUT2D eigenvalue weighted by Gasteiger charge is 1.92. The molecule has 0 bridgehead atoms. The first-order chi connectivity index (χ1) is 3.27. The second kappa shape index (κ2) is 4.06. The predicted molar refractivity (Wildman–Crippen MR) is 27.1 cm³/mol. The lowest BCUT2D eigenvalue weighted by Crippen LogP contribution is -2.04. The van der Waals surface area contributed by atoms with Crippen molar-refractivity contribution < 1.29 is 9.13 Å². The van der Waals surface area contributed by atoms with Gasteiger partial charge in [0, 0.05) is 6.61 Å². The van der Waals surface area contributed by atoms with Gasteiger partial charge >= 0.3 is 0 Å². The number of rotatable bonds is 3. The summed E-state index contributed by atoms with van der Waals surface area (Å²) in [7, 11) is 0. The molecule has 0 radical (unpaired) electrons. The number of halogens is 1. The lowest BCUT2D eigenvalue weighted by molar-refractivity contribution is 0.0971. The molecule has 0 aromatic heterocycles. The molecule has 2 heteroatoms. The molecule has 0 amide bonds. The van der Waals surface area contributed by atoms with Gasteiger partial charge < -0.3 is 4.74 Å². The first kappa shape index (κ1) is 6.89. The monoisotopic (exact) mass is 106 g/mol. The Balaban J connectivity index is 2.68. The fourth-order valence-electron chi connectivity index (χ4n) is 0.280. The van der Waals surface area contributed by atoms with E-state index in [0.717, 1.165) is 0 Å². The molecule has 0 rings (SSSR count). The topological polar surface area (TPSA) is 9.23 Å². The standard InChI is InChI=1S/C5H11FO/c1-3-7-4-5(2)6/h5H,3-4H2,1-2H3. The van der Waals surface area contributed by atoms with Crippen molar-refractivity contribution in [3.05, 3.63) is 0 Å². The summed E-state index contributed by atoms with van der Waals surface area (Å²) < 4.78 is 16.5. The summed E-state index contributed by atoms with van der Waals surface area (Å²) in [5, 5.41) is 0. The quantitative estimate of drug-likeness (QED) is 0.528. The van der Waals surface area contributed by atoms with Crippen LogP contribution in [0.2, 0.25) is 0 Å². The Kier molecular flexibility index (Phi) is 4.00. The van der Waals surface area contributed by atoms with Gasteiger partial charge in [0.2, 0.25) is 0 Å². The van der Waals surface area contributed by atoms with E-state index in [2.05, 4.69) is 0 Å². The maximum atomic E-state index is 11.8. The highest BCUT2D eigenvalue weighted by Crippen LogP contribution is 1.86.